The van der Waals surface area contributed by atoms with Crippen molar-refractivity contribution < 1.29 is 14.3 Å². The van der Waals surface area contributed by atoms with Gasteiger partial charge in [0.25, 0.3) is 5.91 Å². The summed E-state index contributed by atoms with van der Waals surface area (Å²) >= 11 is 0. The van der Waals surface area contributed by atoms with Crippen LogP contribution in [-0.4, -0.2) is 29.5 Å². The molecule has 1 heterocycles. The molecule has 5 heteroatoms. The molecular weight excluding hydrogens is 328 g/mol. The Morgan fingerprint density at radius 2 is 2.04 bits per heavy atom. The molecule has 1 aromatic carbocycles. The molecule has 0 fully saturated rings. The van der Waals surface area contributed by atoms with E-state index in [4.69, 9.17) is 4.74 Å². The van der Waals surface area contributed by atoms with Gasteiger partial charge in [-0.3, -0.25) is 4.79 Å². The monoisotopic (exact) mass is 352 g/mol. The maximum atomic E-state index is 12.3. The van der Waals surface area contributed by atoms with Gasteiger partial charge < -0.3 is 10.1 Å². The van der Waals surface area contributed by atoms with Crippen LogP contribution in [0.25, 0.3) is 10.9 Å². The third-order valence-electron chi connectivity index (χ3n) is 4.59. The lowest BCUT2D eigenvalue weighted by molar-refractivity contribution is -0.129. The van der Waals surface area contributed by atoms with Gasteiger partial charge in [-0.25, -0.2) is 9.78 Å². The van der Waals surface area contributed by atoms with Crippen molar-refractivity contribution in [3.63, 3.8) is 0 Å². The molecule has 5 nitrogen and oxygen atoms in total. The van der Waals surface area contributed by atoms with Gasteiger partial charge >= 0.3 is 5.97 Å². The number of nitrogens with one attached hydrogen (secondary N) is 1. The molecule has 0 aliphatic heterocycles. The molecule has 1 amide bonds. The highest BCUT2D eigenvalue weighted by Gasteiger charge is 2.19. The van der Waals surface area contributed by atoms with Crippen LogP contribution in [0.2, 0.25) is 0 Å². The molecule has 0 saturated carbocycles. The van der Waals surface area contributed by atoms with Gasteiger partial charge in [-0.1, -0.05) is 35.9 Å². The predicted octanol–water partition coefficient (Wildman–Crippen LogP) is 3.79. The summed E-state index contributed by atoms with van der Waals surface area (Å²) in [6.07, 6.45) is 7.02. The van der Waals surface area contributed by atoms with E-state index in [0.717, 1.165) is 30.2 Å². The molecule has 1 aliphatic rings. The zero-order valence-electron chi connectivity index (χ0n) is 15.0. The van der Waals surface area contributed by atoms with Gasteiger partial charge in [-0.15, -0.1) is 0 Å². The Bertz CT molecular complexity index is 829. The number of hydrogen-bond donors (Lipinski definition) is 1. The minimum Gasteiger partial charge on any atom is -0.448 e. The molecular formula is C21H24N2O3. The summed E-state index contributed by atoms with van der Waals surface area (Å²) in [5.41, 5.74) is 2.33. The third kappa shape index (κ3) is 4.69. The molecule has 0 saturated heterocycles. The maximum Gasteiger partial charge on any atom is 0.357 e. The van der Waals surface area contributed by atoms with Crippen LogP contribution in [0.3, 0.4) is 0 Å². The van der Waals surface area contributed by atoms with E-state index in [-0.39, 0.29) is 11.6 Å². The number of carbonyl (C=O) groups excluding carboxylic acids is 2. The molecule has 3 rings (SSSR count). The van der Waals surface area contributed by atoms with Crippen LogP contribution < -0.4 is 5.32 Å². The van der Waals surface area contributed by atoms with Crippen LogP contribution >= 0.6 is 0 Å². The van der Waals surface area contributed by atoms with Crippen molar-refractivity contribution in [2.24, 2.45) is 0 Å². The van der Waals surface area contributed by atoms with Crippen LogP contribution in [-0.2, 0) is 9.53 Å². The van der Waals surface area contributed by atoms with Gasteiger partial charge in [0.15, 0.2) is 6.10 Å². The van der Waals surface area contributed by atoms with Crippen molar-refractivity contribution in [1.29, 1.82) is 0 Å². The Kier molecular flexibility index (Phi) is 6.00. The minimum absolute atomic E-state index is 0.204. The quantitative estimate of drug-likeness (QED) is 0.634. The van der Waals surface area contributed by atoms with Crippen molar-refractivity contribution in [3.8, 4) is 0 Å². The van der Waals surface area contributed by atoms with Gasteiger partial charge in [0.1, 0.15) is 5.69 Å². The Morgan fingerprint density at radius 3 is 2.85 bits per heavy atom. The lowest BCUT2D eigenvalue weighted by atomic mass is 9.97. The molecule has 0 radical (unpaired) electrons. The van der Waals surface area contributed by atoms with Crippen LogP contribution in [0.15, 0.2) is 48.0 Å². The number of fused-ring (bicyclic) bond motifs is 1. The molecule has 1 atom stereocenters. The van der Waals surface area contributed by atoms with Gasteiger partial charge in [-0.05, 0) is 51.2 Å². The SMILES string of the molecule is C[C@@H](OC(=O)c1ccc2ccccc2n1)C(=O)NCCC1=CCCCC1. The maximum absolute atomic E-state index is 12.3. The second kappa shape index (κ2) is 8.61. The van der Waals surface area contributed by atoms with E-state index in [1.807, 2.05) is 30.3 Å². The highest BCUT2D eigenvalue weighted by Crippen LogP contribution is 2.19. The molecule has 1 N–H and O–H groups in total. The second-order valence-electron chi connectivity index (χ2n) is 6.59. The highest BCUT2D eigenvalue weighted by atomic mass is 16.5. The second-order valence-corrected chi connectivity index (χ2v) is 6.59. The van der Waals surface area contributed by atoms with Gasteiger partial charge in [0.2, 0.25) is 0 Å². The van der Waals surface area contributed by atoms with E-state index in [1.54, 1.807) is 13.0 Å². The normalized spacial score (nSPS) is 15.2. The number of benzene rings is 1. The van der Waals surface area contributed by atoms with Crippen molar-refractivity contribution in [1.82, 2.24) is 10.3 Å². The Balaban J connectivity index is 1.50. The molecule has 26 heavy (non-hydrogen) atoms. The summed E-state index contributed by atoms with van der Waals surface area (Å²) in [6, 6.07) is 11.0. The molecule has 1 aliphatic carbocycles. The number of aromatic nitrogens is 1. The lowest BCUT2D eigenvalue weighted by Gasteiger charge is -2.15. The first-order chi connectivity index (χ1) is 12.6. The Hall–Kier alpha value is -2.69. The van der Waals surface area contributed by atoms with E-state index in [1.165, 1.54) is 18.4 Å². The number of pyridine rings is 1. The van der Waals surface area contributed by atoms with Crippen molar-refractivity contribution in [2.45, 2.75) is 45.1 Å². The molecule has 136 valence electrons. The third-order valence-corrected chi connectivity index (χ3v) is 4.59. The first-order valence-electron chi connectivity index (χ1n) is 9.16. The number of para-hydroxylation sites is 1. The first-order valence-corrected chi connectivity index (χ1v) is 9.16. The number of rotatable bonds is 6. The van der Waals surface area contributed by atoms with Gasteiger partial charge in [0.05, 0.1) is 5.52 Å². The lowest BCUT2D eigenvalue weighted by Crippen LogP contribution is -2.36. The summed E-state index contributed by atoms with van der Waals surface area (Å²) < 4.78 is 5.26. The van der Waals surface area contributed by atoms with E-state index in [9.17, 15) is 9.59 Å². The van der Waals surface area contributed by atoms with Gasteiger partial charge in [-0.2, -0.15) is 0 Å². The van der Waals surface area contributed by atoms with Crippen LogP contribution in [0.4, 0.5) is 0 Å². The Labute approximate surface area is 153 Å². The standard InChI is InChI=1S/C21H24N2O3/c1-15(20(24)22-14-13-16-7-3-2-4-8-16)26-21(25)19-12-11-17-9-5-6-10-18(17)23-19/h5-7,9-12,15H,2-4,8,13-14H2,1H3,(H,22,24)/t15-/m1/s1. The van der Waals surface area contributed by atoms with E-state index >= 15 is 0 Å². The summed E-state index contributed by atoms with van der Waals surface area (Å²) in [4.78, 5) is 28.7. The van der Waals surface area contributed by atoms with Crippen molar-refractivity contribution >= 4 is 22.8 Å². The van der Waals surface area contributed by atoms with E-state index < -0.39 is 12.1 Å². The first kappa shape index (κ1) is 18.1. The number of ether oxygens (including phenoxy) is 1. The van der Waals surface area contributed by atoms with Gasteiger partial charge in [0, 0.05) is 11.9 Å². The predicted molar refractivity (Wildman–Crippen MR) is 101 cm³/mol. The number of amides is 1. The van der Waals surface area contributed by atoms with Crippen LogP contribution in [0, 0.1) is 0 Å². The fraction of sp³-hybridized carbons (Fsp3) is 0.381. The fourth-order valence-corrected chi connectivity index (χ4v) is 3.08. The molecule has 0 spiro atoms. The summed E-state index contributed by atoms with van der Waals surface area (Å²) in [5, 5.41) is 3.79. The van der Waals surface area contributed by atoms with Crippen LogP contribution in [0.5, 0.6) is 0 Å². The molecule has 2 aromatic rings. The van der Waals surface area contributed by atoms with E-state index in [0.29, 0.717) is 6.54 Å². The van der Waals surface area contributed by atoms with Crippen molar-refractivity contribution in [2.75, 3.05) is 6.54 Å². The topological polar surface area (TPSA) is 68.3 Å². The molecule has 0 unspecified atom stereocenters. The molecule has 1 aromatic heterocycles. The zero-order chi connectivity index (χ0) is 18.4. The van der Waals surface area contributed by atoms with Crippen LogP contribution in [0.1, 0.15) is 49.5 Å². The number of esters is 1. The Morgan fingerprint density at radius 1 is 1.19 bits per heavy atom. The number of allylic oxidation sites excluding steroid dienone is 1. The molecule has 0 bridgehead atoms. The average molecular weight is 352 g/mol. The highest BCUT2D eigenvalue weighted by molar-refractivity contribution is 5.93. The smallest absolute Gasteiger partial charge is 0.357 e. The largest absolute Gasteiger partial charge is 0.448 e. The summed E-state index contributed by atoms with van der Waals surface area (Å²) in [5.74, 6) is -0.871. The van der Waals surface area contributed by atoms with E-state index in [2.05, 4.69) is 16.4 Å². The minimum atomic E-state index is -0.851. The summed E-state index contributed by atoms with van der Waals surface area (Å²) in [7, 11) is 0. The number of nitrogens with zero attached hydrogens (tertiary/aromatic N) is 1. The van der Waals surface area contributed by atoms with Crippen molar-refractivity contribution in [3.05, 3.63) is 53.7 Å². The zero-order valence-corrected chi connectivity index (χ0v) is 15.0. The number of carbonyl (C=O) groups is 2. The average Bonchev–Trinajstić information content (AvgIpc) is 2.68. The summed E-state index contributed by atoms with van der Waals surface area (Å²) in [6.45, 7) is 2.15. The number of hydrogen-bond acceptors (Lipinski definition) is 4. The fourth-order valence-electron chi connectivity index (χ4n) is 3.08.